The molecule has 1 saturated carbocycles. The predicted molar refractivity (Wildman–Crippen MR) is 73.9 cm³/mol. The zero-order valence-electron chi connectivity index (χ0n) is 11.8. The Kier molecular flexibility index (Phi) is 4.92. The Morgan fingerprint density at radius 3 is 2.53 bits per heavy atom. The summed E-state index contributed by atoms with van der Waals surface area (Å²) < 4.78 is 26.9. The molecule has 0 heterocycles. The first kappa shape index (κ1) is 14.4. The first-order chi connectivity index (χ1) is 9.10. The highest BCUT2D eigenvalue weighted by Gasteiger charge is 2.22. The van der Waals surface area contributed by atoms with Gasteiger partial charge in [-0.3, -0.25) is 0 Å². The van der Waals surface area contributed by atoms with Crippen LogP contribution in [0.25, 0.3) is 0 Å². The molecule has 1 aromatic carbocycles. The van der Waals surface area contributed by atoms with Gasteiger partial charge < -0.3 is 5.32 Å². The minimum Gasteiger partial charge on any atom is -0.307 e. The molecule has 1 fully saturated rings. The van der Waals surface area contributed by atoms with Crippen LogP contribution in [0.4, 0.5) is 8.78 Å². The third-order valence-corrected chi connectivity index (χ3v) is 4.33. The number of halogens is 2. The van der Waals surface area contributed by atoms with Crippen LogP contribution < -0.4 is 5.32 Å². The maximum atomic E-state index is 13.7. The molecule has 0 spiro atoms. The van der Waals surface area contributed by atoms with Crippen molar-refractivity contribution in [1.29, 1.82) is 0 Å². The van der Waals surface area contributed by atoms with E-state index in [1.807, 2.05) is 6.92 Å². The molecule has 0 aromatic heterocycles. The molecule has 0 bridgehead atoms. The van der Waals surface area contributed by atoms with E-state index < -0.39 is 0 Å². The molecule has 1 atom stereocenters. The molecule has 1 unspecified atom stereocenters. The zero-order chi connectivity index (χ0) is 13.8. The highest BCUT2D eigenvalue weighted by atomic mass is 19.1. The molecule has 1 aromatic rings. The Labute approximate surface area is 114 Å². The van der Waals surface area contributed by atoms with Crippen LogP contribution in [0, 0.1) is 17.6 Å². The Balaban J connectivity index is 1.94. The fourth-order valence-electron chi connectivity index (χ4n) is 3.03. The smallest absolute Gasteiger partial charge is 0.128 e. The summed E-state index contributed by atoms with van der Waals surface area (Å²) in [5.41, 5.74) is 0.428. The number of hydrogen-bond donors (Lipinski definition) is 1. The summed E-state index contributed by atoms with van der Waals surface area (Å²) in [6.07, 6.45) is 6.01. The normalized spacial score (nSPS) is 25.3. The number of rotatable bonds is 4. The van der Waals surface area contributed by atoms with E-state index in [1.54, 1.807) is 0 Å². The van der Waals surface area contributed by atoms with Crippen LogP contribution in [0.2, 0.25) is 0 Å². The molecule has 1 aliphatic carbocycles. The van der Waals surface area contributed by atoms with Crippen molar-refractivity contribution in [3.8, 4) is 0 Å². The van der Waals surface area contributed by atoms with Gasteiger partial charge in [-0.05, 0) is 56.7 Å². The number of hydrogen-bond acceptors (Lipinski definition) is 1. The van der Waals surface area contributed by atoms with Gasteiger partial charge in [-0.1, -0.05) is 13.3 Å². The van der Waals surface area contributed by atoms with E-state index in [1.165, 1.54) is 31.4 Å². The van der Waals surface area contributed by atoms with Crippen LogP contribution in [-0.4, -0.2) is 6.04 Å². The second kappa shape index (κ2) is 6.47. The van der Waals surface area contributed by atoms with Gasteiger partial charge in [0.05, 0.1) is 0 Å². The van der Waals surface area contributed by atoms with Crippen molar-refractivity contribution in [2.45, 2.75) is 58.0 Å². The van der Waals surface area contributed by atoms with Gasteiger partial charge in [-0.25, -0.2) is 8.78 Å². The van der Waals surface area contributed by atoms with Crippen LogP contribution in [0.15, 0.2) is 18.2 Å². The molecule has 106 valence electrons. The minimum atomic E-state index is -0.375. The van der Waals surface area contributed by atoms with Gasteiger partial charge in [0.25, 0.3) is 0 Å². The van der Waals surface area contributed by atoms with Gasteiger partial charge in [-0.2, -0.15) is 0 Å². The quantitative estimate of drug-likeness (QED) is 0.841. The largest absolute Gasteiger partial charge is 0.307 e. The molecular formula is C16H23F2N. The van der Waals surface area contributed by atoms with Crippen molar-refractivity contribution < 1.29 is 8.78 Å². The van der Waals surface area contributed by atoms with Gasteiger partial charge >= 0.3 is 0 Å². The Morgan fingerprint density at radius 2 is 1.89 bits per heavy atom. The van der Waals surface area contributed by atoms with Crippen molar-refractivity contribution in [2.75, 3.05) is 0 Å². The average Bonchev–Trinajstić information content (AvgIpc) is 2.42. The molecule has 0 amide bonds. The van der Waals surface area contributed by atoms with Gasteiger partial charge in [0.2, 0.25) is 0 Å². The highest BCUT2D eigenvalue weighted by Crippen LogP contribution is 2.28. The van der Waals surface area contributed by atoms with E-state index in [4.69, 9.17) is 0 Å². The highest BCUT2D eigenvalue weighted by molar-refractivity contribution is 5.22. The molecule has 0 saturated heterocycles. The van der Waals surface area contributed by atoms with Crippen molar-refractivity contribution in [3.05, 3.63) is 35.4 Å². The van der Waals surface area contributed by atoms with E-state index in [0.717, 1.165) is 24.8 Å². The lowest BCUT2D eigenvalue weighted by Crippen LogP contribution is -2.35. The zero-order valence-corrected chi connectivity index (χ0v) is 11.8. The molecule has 19 heavy (non-hydrogen) atoms. The van der Waals surface area contributed by atoms with Crippen LogP contribution >= 0.6 is 0 Å². The molecule has 1 nitrogen and oxygen atoms in total. The summed E-state index contributed by atoms with van der Waals surface area (Å²) in [6, 6.07) is 3.96. The minimum absolute atomic E-state index is 0.140. The molecule has 3 heteroatoms. The molecule has 0 radical (unpaired) electrons. The monoisotopic (exact) mass is 267 g/mol. The van der Waals surface area contributed by atoms with E-state index in [2.05, 4.69) is 12.2 Å². The van der Waals surface area contributed by atoms with E-state index in [-0.39, 0.29) is 17.7 Å². The maximum Gasteiger partial charge on any atom is 0.128 e. The lowest BCUT2D eigenvalue weighted by molar-refractivity contribution is 0.272. The van der Waals surface area contributed by atoms with E-state index in [9.17, 15) is 8.78 Å². The maximum absolute atomic E-state index is 13.7. The van der Waals surface area contributed by atoms with Crippen molar-refractivity contribution in [3.63, 3.8) is 0 Å². The third kappa shape index (κ3) is 3.75. The lowest BCUT2D eigenvalue weighted by atomic mass is 9.84. The third-order valence-electron chi connectivity index (χ3n) is 4.33. The van der Waals surface area contributed by atoms with Crippen LogP contribution in [-0.2, 0) is 0 Å². The molecule has 1 N–H and O–H groups in total. The molecular weight excluding hydrogens is 244 g/mol. The van der Waals surface area contributed by atoms with Crippen LogP contribution in [0.3, 0.4) is 0 Å². The Morgan fingerprint density at radius 1 is 1.21 bits per heavy atom. The predicted octanol–water partition coefficient (Wildman–Crippen LogP) is 4.58. The molecule has 0 aliphatic heterocycles. The SMILES string of the molecule is CCC1CCC(NC(C)c2cc(F)ccc2F)CC1. The second-order valence-electron chi connectivity index (χ2n) is 5.68. The summed E-state index contributed by atoms with van der Waals surface area (Å²) in [5.74, 6) is 0.141. The van der Waals surface area contributed by atoms with Crippen molar-refractivity contribution in [1.82, 2.24) is 5.32 Å². The number of benzene rings is 1. The summed E-state index contributed by atoms with van der Waals surface area (Å²) in [5, 5.41) is 3.44. The van der Waals surface area contributed by atoms with E-state index in [0.29, 0.717) is 11.6 Å². The topological polar surface area (TPSA) is 12.0 Å². The summed E-state index contributed by atoms with van der Waals surface area (Å²) >= 11 is 0. The van der Waals surface area contributed by atoms with Crippen LogP contribution in [0.1, 0.15) is 57.6 Å². The van der Waals surface area contributed by atoms with Crippen molar-refractivity contribution in [2.24, 2.45) is 5.92 Å². The number of nitrogens with one attached hydrogen (secondary N) is 1. The standard InChI is InChI=1S/C16H23F2N/c1-3-12-4-7-14(8-5-12)19-11(2)15-10-13(17)6-9-16(15)18/h6,9-12,14,19H,3-5,7-8H2,1-2H3. The molecule has 2 rings (SSSR count). The first-order valence-corrected chi connectivity index (χ1v) is 7.31. The average molecular weight is 267 g/mol. The summed E-state index contributed by atoms with van der Waals surface area (Å²) in [7, 11) is 0. The fourth-order valence-corrected chi connectivity index (χ4v) is 3.03. The Bertz CT molecular complexity index is 411. The first-order valence-electron chi connectivity index (χ1n) is 7.31. The van der Waals surface area contributed by atoms with Gasteiger partial charge in [0.1, 0.15) is 11.6 Å². The van der Waals surface area contributed by atoms with Gasteiger partial charge in [0.15, 0.2) is 0 Å². The Hall–Kier alpha value is -0.960. The summed E-state index contributed by atoms with van der Waals surface area (Å²) in [6.45, 7) is 4.15. The van der Waals surface area contributed by atoms with Crippen LogP contribution in [0.5, 0.6) is 0 Å². The van der Waals surface area contributed by atoms with E-state index >= 15 is 0 Å². The lowest BCUT2D eigenvalue weighted by Gasteiger charge is -2.31. The van der Waals surface area contributed by atoms with Gasteiger partial charge in [0, 0.05) is 17.6 Å². The van der Waals surface area contributed by atoms with Crippen molar-refractivity contribution >= 4 is 0 Å². The second-order valence-corrected chi connectivity index (χ2v) is 5.68. The fraction of sp³-hybridized carbons (Fsp3) is 0.625. The summed E-state index contributed by atoms with van der Waals surface area (Å²) in [4.78, 5) is 0. The van der Waals surface area contributed by atoms with Gasteiger partial charge in [-0.15, -0.1) is 0 Å². The molecule has 1 aliphatic rings.